The van der Waals surface area contributed by atoms with E-state index in [4.69, 9.17) is 0 Å². The molecule has 6 fully saturated rings. The molecular weight excluding hydrogens is 1680 g/mol. The van der Waals surface area contributed by atoms with E-state index in [0.29, 0.717) is 123 Å². The summed E-state index contributed by atoms with van der Waals surface area (Å²) in [5, 5.41) is 0. The maximum atomic E-state index is 15.2. The number of allylic oxidation sites excluding steroid dienone is 4. The van der Waals surface area contributed by atoms with Gasteiger partial charge in [0.2, 0.25) is 27.7 Å². The molecule has 4 unspecified atom stereocenters. The van der Waals surface area contributed by atoms with Gasteiger partial charge in [-0.05, 0) is 333 Å². The zero-order valence-corrected chi connectivity index (χ0v) is 82.7. The van der Waals surface area contributed by atoms with Crippen LogP contribution in [0.15, 0.2) is 180 Å². The molecule has 18 rings (SSSR count). The van der Waals surface area contributed by atoms with Gasteiger partial charge in [0.05, 0.1) is 5.75 Å². The first-order valence-corrected chi connectivity index (χ1v) is 51.1. The largest absolute Gasteiger partial charge is 0.342 e. The first-order chi connectivity index (χ1) is 63.7. The molecule has 0 saturated carbocycles. The summed E-state index contributed by atoms with van der Waals surface area (Å²) >= 11 is 0. The highest BCUT2D eigenvalue weighted by Gasteiger charge is 2.49. The Labute approximate surface area is 791 Å². The molecule has 10 aliphatic rings. The molecular formula is C115H144F4N8O5S. The first-order valence-electron chi connectivity index (χ1n) is 49.5. The molecule has 0 aromatic heterocycles. The minimum absolute atomic E-state index is 0.000396. The lowest BCUT2D eigenvalue weighted by Gasteiger charge is -2.35. The van der Waals surface area contributed by atoms with Gasteiger partial charge in [0.15, 0.2) is 0 Å². The van der Waals surface area contributed by atoms with E-state index in [-0.39, 0.29) is 45.8 Å². The van der Waals surface area contributed by atoms with Gasteiger partial charge in [0.1, 0.15) is 23.3 Å². The lowest BCUT2D eigenvalue weighted by Crippen LogP contribution is -2.40. The van der Waals surface area contributed by atoms with Crippen molar-refractivity contribution in [2.75, 3.05) is 139 Å². The van der Waals surface area contributed by atoms with Gasteiger partial charge in [-0.15, -0.1) is 0 Å². The van der Waals surface area contributed by atoms with Crippen LogP contribution >= 0.6 is 0 Å². The number of carbonyl (C=O) groups excluding carboxylic acids is 3. The summed E-state index contributed by atoms with van der Waals surface area (Å²) in [7, 11) is 4.43. The highest BCUT2D eigenvalue weighted by molar-refractivity contribution is 7.89. The Morgan fingerprint density at radius 1 is 0.346 bits per heavy atom. The fourth-order valence-corrected chi connectivity index (χ4v) is 25.3. The predicted octanol–water partition coefficient (Wildman–Crippen LogP) is 21.8. The van der Waals surface area contributed by atoms with Crippen molar-refractivity contribution in [3.63, 3.8) is 0 Å². The second-order valence-electron chi connectivity index (χ2n) is 41.3. The Morgan fingerprint density at radius 3 is 1.02 bits per heavy atom. The van der Waals surface area contributed by atoms with Gasteiger partial charge in [-0.25, -0.2) is 30.3 Å². The number of piperidine rings is 6. The molecule has 6 heterocycles. The van der Waals surface area contributed by atoms with Gasteiger partial charge in [0, 0.05) is 119 Å². The van der Waals surface area contributed by atoms with Gasteiger partial charge in [-0.2, -0.15) is 0 Å². The van der Waals surface area contributed by atoms with E-state index in [1.807, 2.05) is 81.3 Å². The fraction of sp³-hybridized carbons (Fsp3) is 0.487. The van der Waals surface area contributed by atoms with Crippen LogP contribution in [0.2, 0.25) is 0 Å². The lowest BCUT2D eigenvalue weighted by molar-refractivity contribution is -0.132. The minimum atomic E-state index is -3.34. The first kappa shape index (κ1) is 98.1. The van der Waals surface area contributed by atoms with Crippen molar-refractivity contribution >= 4 is 50.0 Å². The zero-order chi connectivity index (χ0) is 94.4. The molecule has 0 N–H and O–H groups in total. The van der Waals surface area contributed by atoms with Crippen LogP contribution in [0.3, 0.4) is 0 Å². The highest BCUT2D eigenvalue weighted by atomic mass is 32.2. The van der Waals surface area contributed by atoms with Gasteiger partial charge in [-0.3, -0.25) is 14.4 Å². The van der Waals surface area contributed by atoms with Crippen molar-refractivity contribution in [2.24, 2.45) is 0 Å². The summed E-state index contributed by atoms with van der Waals surface area (Å²) in [6.07, 6.45) is 19.1. The third-order valence-electron chi connectivity index (χ3n) is 31.5. The molecule has 0 radical (unpaired) electrons. The van der Waals surface area contributed by atoms with E-state index >= 15 is 13.2 Å². The van der Waals surface area contributed by atoms with Crippen molar-refractivity contribution in [1.82, 2.24) is 38.6 Å². The van der Waals surface area contributed by atoms with Crippen molar-refractivity contribution in [2.45, 2.75) is 226 Å². The molecule has 708 valence electrons. The Morgan fingerprint density at radius 2 is 0.669 bits per heavy atom. The predicted molar refractivity (Wildman–Crippen MR) is 535 cm³/mol. The van der Waals surface area contributed by atoms with Crippen LogP contribution in [0.4, 0.5) is 17.6 Å². The number of halogens is 4. The van der Waals surface area contributed by atoms with E-state index in [2.05, 4.69) is 158 Å². The van der Waals surface area contributed by atoms with E-state index in [0.717, 1.165) is 138 Å². The average molecular weight is 1830 g/mol. The summed E-state index contributed by atoms with van der Waals surface area (Å²) in [6.45, 7) is 34.5. The number of rotatable bonds is 17. The van der Waals surface area contributed by atoms with E-state index in [1.54, 1.807) is 53.6 Å². The third kappa shape index (κ3) is 21.3. The Kier molecular flexibility index (Phi) is 31.0. The van der Waals surface area contributed by atoms with Crippen LogP contribution in [0.5, 0.6) is 0 Å². The van der Waals surface area contributed by atoms with Crippen LogP contribution in [0, 0.1) is 64.8 Å². The van der Waals surface area contributed by atoms with Gasteiger partial charge >= 0.3 is 0 Å². The Bertz CT molecular complexity index is 5830. The molecule has 133 heavy (non-hydrogen) atoms. The summed E-state index contributed by atoms with van der Waals surface area (Å²) in [5.74, 6) is 0.00707. The smallest absolute Gasteiger partial charge is 0.223 e. The number of likely N-dealkylation sites (tertiary alicyclic amines) is 5. The van der Waals surface area contributed by atoms with Crippen LogP contribution in [-0.4, -0.2) is 203 Å². The number of sulfonamides is 1. The molecule has 6 saturated heterocycles. The van der Waals surface area contributed by atoms with Crippen molar-refractivity contribution in [1.29, 1.82) is 0 Å². The van der Waals surface area contributed by atoms with E-state index in [1.165, 1.54) is 136 Å². The Balaban J connectivity index is 0.000000136. The number of hydrogen-bond acceptors (Lipinski definition) is 9. The molecule has 8 aromatic rings. The molecule has 3 amide bonds. The number of hydrogen-bond donors (Lipinski definition) is 0. The SMILES string of the molecule is Cc1cc2c(cc1C)C(=C1CCN(C(=O)CCN(C)C)CC1)C(C)(c1ccccc1)C2.Cc1cc2c(cc1C)C(=C1CCN(C(=O)CCN3CCCCC3)CC1)C(C)(c1ccccc1)C2.Cc1ccc2c(c1F)CC(C)(c1ccccc1F)C2=C1CCN(C(=O)CCN2CCCCC2)CC1.Cc1ccc2c(c1F)CC(C)(c1ccccc1F)C2=C1CCN(S(=O)(=O)CCN(C)C)CC1. The number of fused-ring (bicyclic) bond motifs is 4. The summed E-state index contributed by atoms with van der Waals surface area (Å²) < 4.78 is 87.6. The van der Waals surface area contributed by atoms with Crippen LogP contribution in [0.25, 0.3) is 22.3 Å². The molecule has 0 spiro atoms. The van der Waals surface area contributed by atoms with Crippen molar-refractivity contribution in [3.8, 4) is 0 Å². The number of aryl methyl sites for hydroxylation is 6. The topological polar surface area (TPSA) is 111 Å². The number of nitrogens with zero attached hydrogens (tertiary/aromatic N) is 8. The van der Waals surface area contributed by atoms with Crippen LogP contribution in [0.1, 0.15) is 237 Å². The lowest BCUT2D eigenvalue weighted by atomic mass is 9.73. The third-order valence-corrected chi connectivity index (χ3v) is 33.4. The highest BCUT2D eigenvalue weighted by Crippen LogP contribution is 2.57. The number of benzene rings is 8. The molecule has 18 heteroatoms. The molecule has 4 aliphatic carbocycles. The van der Waals surface area contributed by atoms with Crippen molar-refractivity contribution in [3.05, 3.63) is 303 Å². The maximum Gasteiger partial charge on any atom is 0.223 e. The molecule has 0 bridgehead atoms. The summed E-state index contributed by atoms with van der Waals surface area (Å²) in [5.41, 5.74) is 28.8. The number of carbonyl (C=O) groups is 3. The standard InChI is InChI=1S/C31H40N2O.C30H36F2N2O.C28H36N2O.C26H32F2N2O2S/c1-23-20-26-22-31(3,27-10-6-4-7-11-27)30(28(26)21-24(23)2)25-12-18-33(19-13-25)29(34)14-17-32-15-8-5-9-16-32;1-21-10-11-23-24(29(21)32)20-30(2,25-8-4-5-9-26(25)31)28(23)22-12-18-34(19-13-22)27(35)14-17-33-15-6-3-7-16-33;1-20-17-23-19-28(3,24-9-7-6-8-10-24)27(25(23)18-21(20)2)22-11-15-30(16-12-22)26(31)13-14-29(4)5;1-18-9-10-20-21(25(18)28)17-26(2,22-7-5-6-8-23(22)27)24(20)19-11-13-30(14-12-19)33(31,32)16-15-29(3)4/h4,6-7,10-11,20-21H,5,8-9,12-19,22H2,1-3H3;4-5,8-11H,3,6-7,12-20H2,1-2H3;6-10,17-18H,11-16,19H2,1-5H3;5-10H,11-17H2,1-4H3. The van der Waals surface area contributed by atoms with Gasteiger partial charge in [-0.1, -0.05) is 208 Å². The summed E-state index contributed by atoms with van der Waals surface area (Å²) in [6, 6.07) is 52.9. The van der Waals surface area contributed by atoms with Gasteiger partial charge in [0.25, 0.3) is 0 Å². The molecule has 6 aliphatic heterocycles. The Hall–Kier alpha value is -9.40. The maximum absolute atomic E-state index is 15.2. The quantitative estimate of drug-likeness (QED) is 0.0823. The van der Waals surface area contributed by atoms with Crippen LogP contribution in [-0.2, 0) is 71.8 Å². The second kappa shape index (κ2) is 42.1. The molecule has 8 aromatic carbocycles. The minimum Gasteiger partial charge on any atom is -0.342 e. The van der Waals surface area contributed by atoms with E-state index in [9.17, 15) is 27.2 Å². The van der Waals surface area contributed by atoms with Gasteiger partial charge < -0.3 is 34.3 Å². The second-order valence-corrected chi connectivity index (χ2v) is 43.4. The van der Waals surface area contributed by atoms with Crippen LogP contribution < -0.4 is 0 Å². The summed E-state index contributed by atoms with van der Waals surface area (Å²) in [4.78, 5) is 53.6. The van der Waals surface area contributed by atoms with E-state index < -0.39 is 20.9 Å². The zero-order valence-electron chi connectivity index (χ0n) is 81.9. The monoisotopic (exact) mass is 1830 g/mol. The average Bonchev–Trinajstić information content (AvgIpc) is 1.60. The normalized spacial score (nSPS) is 22.3. The fourth-order valence-electron chi connectivity index (χ4n) is 23.7. The van der Waals surface area contributed by atoms with Crippen molar-refractivity contribution < 1.29 is 40.4 Å². The molecule has 4 atom stereocenters. The molecule has 13 nitrogen and oxygen atoms in total. The number of amides is 3.